The molecule has 0 bridgehead atoms. The molecule has 0 atom stereocenters. The summed E-state index contributed by atoms with van der Waals surface area (Å²) in [5.41, 5.74) is 0. The first-order valence-electron chi connectivity index (χ1n) is 8.64. The van der Waals surface area contributed by atoms with Crippen LogP contribution in [0.5, 0.6) is 0 Å². The van der Waals surface area contributed by atoms with Crippen molar-refractivity contribution in [1.82, 2.24) is 0 Å². The zero-order valence-electron chi connectivity index (χ0n) is 18.5. The van der Waals surface area contributed by atoms with Crippen LogP contribution >= 0.6 is 17.2 Å². The van der Waals surface area contributed by atoms with Crippen LogP contribution in [-0.4, -0.2) is 0 Å². The van der Waals surface area contributed by atoms with Gasteiger partial charge < -0.3 is 2.85 Å². The average molecular weight is 388 g/mol. The van der Waals surface area contributed by atoms with E-state index < -0.39 is 0 Å². The van der Waals surface area contributed by atoms with Crippen LogP contribution in [-0.2, 0) is 0 Å². The van der Waals surface area contributed by atoms with Gasteiger partial charge >= 0.3 is 37.7 Å². The SMILES string of the molecule is [H-].[H-].[Li+].[Li+].c1ccc(Pc2ccccc2)cc1.c1ccc(Pc2ccccc2)cc1. The third kappa shape index (κ3) is 9.42. The average Bonchev–Trinajstić information content (AvgIpc) is 2.72. The van der Waals surface area contributed by atoms with Gasteiger partial charge in [-0.2, -0.15) is 0 Å². The van der Waals surface area contributed by atoms with Crippen LogP contribution in [0.1, 0.15) is 2.85 Å². The third-order valence-corrected chi connectivity index (χ3v) is 6.16. The molecule has 0 heterocycles. The first kappa shape index (κ1) is 25.0. The summed E-state index contributed by atoms with van der Waals surface area (Å²) in [7, 11) is 1.55. The van der Waals surface area contributed by atoms with E-state index in [-0.39, 0.29) is 40.6 Å². The van der Waals surface area contributed by atoms with E-state index in [1.807, 2.05) is 0 Å². The predicted molar refractivity (Wildman–Crippen MR) is 123 cm³/mol. The molecule has 0 spiro atoms. The quantitative estimate of drug-likeness (QED) is 0.307. The molecule has 0 aliphatic heterocycles. The van der Waals surface area contributed by atoms with Crippen LogP contribution in [0.25, 0.3) is 0 Å². The van der Waals surface area contributed by atoms with Gasteiger partial charge in [-0.1, -0.05) is 138 Å². The monoisotopic (exact) mass is 388 g/mol. The van der Waals surface area contributed by atoms with E-state index in [4.69, 9.17) is 0 Å². The molecule has 0 aliphatic rings. The second-order valence-corrected chi connectivity index (χ2v) is 8.52. The number of hydrogen-bond donors (Lipinski definition) is 0. The maximum atomic E-state index is 2.17. The fourth-order valence-corrected chi connectivity index (χ4v) is 4.52. The van der Waals surface area contributed by atoms with Crippen LogP contribution < -0.4 is 58.9 Å². The van der Waals surface area contributed by atoms with Crippen LogP contribution in [0.4, 0.5) is 0 Å². The van der Waals surface area contributed by atoms with E-state index in [1.54, 1.807) is 0 Å². The van der Waals surface area contributed by atoms with Gasteiger partial charge in [0.25, 0.3) is 0 Å². The second kappa shape index (κ2) is 14.9. The van der Waals surface area contributed by atoms with Gasteiger partial charge in [0.15, 0.2) is 0 Å². The van der Waals surface area contributed by atoms with E-state index in [9.17, 15) is 0 Å². The molecule has 0 radical (unpaired) electrons. The minimum Gasteiger partial charge on any atom is -1.00 e. The molecule has 4 rings (SSSR count). The molecule has 28 heavy (non-hydrogen) atoms. The van der Waals surface area contributed by atoms with E-state index >= 15 is 0 Å². The summed E-state index contributed by atoms with van der Waals surface area (Å²) in [4.78, 5) is 0. The van der Waals surface area contributed by atoms with Crippen LogP contribution in [0.2, 0.25) is 0 Å². The summed E-state index contributed by atoms with van der Waals surface area (Å²) in [6.07, 6.45) is 0. The van der Waals surface area contributed by atoms with Gasteiger partial charge in [0.2, 0.25) is 0 Å². The normalized spacial score (nSPS) is 9.14. The Morgan fingerprint density at radius 2 is 0.500 bits per heavy atom. The Kier molecular flexibility index (Phi) is 13.3. The standard InChI is InChI=1S/2C12H11P.2Li.2H/c2*1-3-7-11(8-4-1)13-12-9-5-2-6-10-12;;;;/h2*1-10,13H;;;;/q;;2*+1;2*-1. The van der Waals surface area contributed by atoms with Gasteiger partial charge in [0, 0.05) is 0 Å². The zero-order chi connectivity index (χ0) is 17.9. The smallest absolute Gasteiger partial charge is 1.00 e. The molecule has 4 aromatic carbocycles. The van der Waals surface area contributed by atoms with Crippen LogP contribution in [0, 0.1) is 0 Å². The number of benzene rings is 4. The van der Waals surface area contributed by atoms with Gasteiger partial charge in [0.1, 0.15) is 0 Å². The molecule has 4 aromatic rings. The summed E-state index contributed by atoms with van der Waals surface area (Å²) in [6.45, 7) is 0. The summed E-state index contributed by atoms with van der Waals surface area (Å²) in [5.74, 6) is 0. The van der Waals surface area contributed by atoms with Crippen molar-refractivity contribution >= 4 is 38.4 Å². The van der Waals surface area contributed by atoms with Crippen molar-refractivity contribution in [2.45, 2.75) is 0 Å². The minimum absolute atomic E-state index is 0. The number of rotatable bonds is 4. The van der Waals surface area contributed by atoms with Gasteiger partial charge in [-0.15, -0.1) is 0 Å². The molecule has 4 heteroatoms. The molecular formula is C24H24Li2P2. The van der Waals surface area contributed by atoms with Crippen molar-refractivity contribution in [2.75, 3.05) is 0 Å². The molecule has 0 amide bonds. The summed E-state index contributed by atoms with van der Waals surface area (Å²) >= 11 is 0. The molecule has 132 valence electrons. The Bertz CT molecular complexity index is 730. The molecule has 0 fully saturated rings. The Morgan fingerprint density at radius 1 is 0.321 bits per heavy atom. The third-order valence-electron chi connectivity index (χ3n) is 3.67. The van der Waals surface area contributed by atoms with Gasteiger partial charge in [0.05, 0.1) is 0 Å². The summed E-state index contributed by atoms with van der Waals surface area (Å²) in [6, 6.07) is 42.3. The van der Waals surface area contributed by atoms with Crippen molar-refractivity contribution in [3.63, 3.8) is 0 Å². The van der Waals surface area contributed by atoms with Crippen molar-refractivity contribution in [1.29, 1.82) is 0 Å². The first-order chi connectivity index (χ1) is 12.9. The van der Waals surface area contributed by atoms with Crippen molar-refractivity contribution in [3.8, 4) is 0 Å². The Labute approximate surface area is 199 Å². The fraction of sp³-hybridized carbons (Fsp3) is 0. The van der Waals surface area contributed by atoms with E-state index in [0.717, 1.165) is 17.2 Å². The van der Waals surface area contributed by atoms with Crippen LogP contribution in [0.3, 0.4) is 0 Å². The molecule has 0 aliphatic carbocycles. The zero-order valence-corrected chi connectivity index (χ0v) is 18.5. The molecular weight excluding hydrogens is 364 g/mol. The molecule has 0 N–H and O–H groups in total. The Balaban J connectivity index is 0. The summed E-state index contributed by atoms with van der Waals surface area (Å²) in [5, 5.41) is 5.59. The van der Waals surface area contributed by atoms with Crippen molar-refractivity contribution in [3.05, 3.63) is 121 Å². The van der Waals surface area contributed by atoms with Crippen molar-refractivity contribution in [2.24, 2.45) is 0 Å². The Hall–Kier alpha value is -1.07. The maximum absolute atomic E-state index is 2.17. The van der Waals surface area contributed by atoms with E-state index in [0.29, 0.717) is 0 Å². The van der Waals surface area contributed by atoms with Crippen LogP contribution in [0.15, 0.2) is 121 Å². The first-order valence-corrected chi connectivity index (χ1v) is 10.6. The molecule has 0 unspecified atom stereocenters. The molecule has 0 nitrogen and oxygen atoms in total. The molecule has 0 saturated carbocycles. The number of hydrogen-bond acceptors (Lipinski definition) is 0. The van der Waals surface area contributed by atoms with Gasteiger partial charge in [-0.05, 0) is 21.2 Å². The molecule has 0 aromatic heterocycles. The Morgan fingerprint density at radius 3 is 0.679 bits per heavy atom. The fourth-order valence-electron chi connectivity index (χ4n) is 2.42. The largest absolute Gasteiger partial charge is 1.00 e. The van der Waals surface area contributed by atoms with E-state index in [2.05, 4.69) is 121 Å². The summed E-state index contributed by atoms with van der Waals surface area (Å²) < 4.78 is 0. The minimum atomic E-state index is 0. The van der Waals surface area contributed by atoms with Gasteiger partial charge in [-0.25, -0.2) is 0 Å². The maximum Gasteiger partial charge on any atom is 1.00 e. The molecule has 0 saturated heterocycles. The second-order valence-electron chi connectivity index (χ2n) is 5.71. The topological polar surface area (TPSA) is 0 Å². The predicted octanol–water partition coefficient (Wildman–Crippen LogP) is -1.14. The van der Waals surface area contributed by atoms with Crippen molar-refractivity contribution < 1.29 is 40.6 Å². The van der Waals surface area contributed by atoms with Gasteiger partial charge in [-0.3, -0.25) is 0 Å². The van der Waals surface area contributed by atoms with E-state index in [1.165, 1.54) is 21.2 Å².